The van der Waals surface area contributed by atoms with E-state index in [1.165, 1.54) is 11.6 Å². The lowest BCUT2D eigenvalue weighted by atomic mass is 10.1. The molecule has 0 bridgehead atoms. The monoisotopic (exact) mass is 415 g/mol. The van der Waals surface area contributed by atoms with Crippen molar-refractivity contribution in [3.8, 4) is 16.9 Å². The summed E-state index contributed by atoms with van der Waals surface area (Å²) >= 11 is 0. The molecule has 2 aromatic heterocycles. The zero-order valence-electron chi connectivity index (χ0n) is 17.3. The number of carbonyl (C=O) groups is 1. The summed E-state index contributed by atoms with van der Waals surface area (Å²) in [4.78, 5) is 17.0. The summed E-state index contributed by atoms with van der Waals surface area (Å²) in [5.41, 5.74) is 4.79. The highest BCUT2D eigenvalue weighted by molar-refractivity contribution is 5.98. The Morgan fingerprint density at radius 3 is 2.42 bits per heavy atom. The van der Waals surface area contributed by atoms with Gasteiger partial charge >= 0.3 is 0 Å². The molecule has 6 nitrogen and oxygen atoms in total. The molecule has 7 heteroatoms. The van der Waals surface area contributed by atoms with Gasteiger partial charge in [-0.1, -0.05) is 36.4 Å². The largest absolute Gasteiger partial charge is 0.346 e. The first kappa shape index (κ1) is 20.4. The van der Waals surface area contributed by atoms with Crippen LogP contribution in [0, 0.1) is 12.7 Å². The number of aryl methyl sites for hydroxylation is 2. The van der Waals surface area contributed by atoms with Gasteiger partial charge in [-0.05, 0) is 60.4 Å². The topological polar surface area (TPSA) is 72.7 Å². The number of hydrogen-bond acceptors (Lipinski definition) is 4. The first-order chi connectivity index (χ1) is 15.1. The number of pyridine rings is 1. The molecule has 0 unspecified atom stereocenters. The fourth-order valence-electron chi connectivity index (χ4n) is 3.30. The maximum absolute atomic E-state index is 13.8. The molecular formula is C24H22FN5O. The average Bonchev–Trinajstić information content (AvgIpc) is 3.25. The predicted octanol–water partition coefficient (Wildman–Crippen LogP) is 4.27. The maximum Gasteiger partial charge on any atom is 0.274 e. The Hall–Kier alpha value is -3.87. The van der Waals surface area contributed by atoms with Crippen molar-refractivity contribution < 1.29 is 9.18 Å². The quantitative estimate of drug-likeness (QED) is 0.510. The molecule has 0 saturated heterocycles. The SMILES string of the molecule is CCc1ccc(CNC(=O)c2nnn(-c3ccc(F)c(C)c3)c2-c2ccncc2)cc1. The van der Waals surface area contributed by atoms with Crippen LogP contribution in [-0.2, 0) is 13.0 Å². The van der Waals surface area contributed by atoms with E-state index in [1.54, 1.807) is 48.3 Å². The second-order valence-electron chi connectivity index (χ2n) is 7.22. The number of hydrogen-bond donors (Lipinski definition) is 1. The number of halogens is 1. The molecule has 0 aliphatic heterocycles. The number of carbonyl (C=O) groups excluding carboxylic acids is 1. The van der Waals surface area contributed by atoms with E-state index in [9.17, 15) is 9.18 Å². The molecular weight excluding hydrogens is 393 g/mol. The van der Waals surface area contributed by atoms with E-state index in [-0.39, 0.29) is 17.4 Å². The van der Waals surface area contributed by atoms with E-state index in [1.807, 2.05) is 12.1 Å². The number of rotatable bonds is 6. The third kappa shape index (κ3) is 4.35. The van der Waals surface area contributed by atoms with Crippen LogP contribution < -0.4 is 5.32 Å². The summed E-state index contributed by atoms with van der Waals surface area (Å²) in [6.45, 7) is 4.16. The van der Waals surface area contributed by atoms with Crippen LogP contribution in [0.4, 0.5) is 4.39 Å². The molecule has 0 spiro atoms. The van der Waals surface area contributed by atoms with Gasteiger partial charge in [0.05, 0.1) is 5.69 Å². The van der Waals surface area contributed by atoms with Crippen LogP contribution in [-0.4, -0.2) is 25.9 Å². The van der Waals surface area contributed by atoms with Gasteiger partial charge < -0.3 is 5.32 Å². The Balaban J connectivity index is 1.67. The van der Waals surface area contributed by atoms with Gasteiger partial charge in [-0.15, -0.1) is 5.10 Å². The van der Waals surface area contributed by atoms with Crippen LogP contribution >= 0.6 is 0 Å². The van der Waals surface area contributed by atoms with Gasteiger partial charge in [0.15, 0.2) is 5.69 Å². The van der Waals surface area contributed by atoms with Crippen molar-refractivity contribution in [2.75, 3.05) is 0 Å². The molecule has 4 rings (SSSR count). The van der Waals surface area contributed by atoms with Crippen LogP contribution in [0.5, 0.6) is 0 Å². The zero-order chi connectivity index (χ0) is 21.8. The molecule has 0 aliphatic carbocycles. The highest BCUT2D eigenvalue weighted by Gasteiger charge is 2.22. The molecule has 1 amide bonds. The van der Waals surface area contributed by atoms with Gasteiger partial charge in [0.2, 0.25) is 0 Å². The van der Waals surface area contributed by atoms with Crippen molar-refractivity contribution in [2.24, 2.45) is 0 Å². The zero-order valence-corrected chi connectivity index (χ0v) is 17.3. The first-order valence-electron chi connectivity index (χ1n) is 10.1. The van der Waals surface area contributed by atoms with Crippen molar-refractivity contribution in [3.63, 3.8) is 0 Å². The minimum Gasteiger partial charge on any atom is -0.346 e. The smallest absolute Gasteiger partial charge is 0.274 e. The highest BCUT2D eigenvalue weighted by Crippen LogP contribution is 2.25. The van der Waals surface area contributed by atoms with Gasteiger partial charge in [-0.2, -0.15) is 0 Å². The summed E-state index contributed by atoms with van der Waals surface area (Å²) in [5.74, 6) is -0.641. The van der Waals surface area contributed by atoms with E-state index in [2.05, 4.69) is 39.7 Å². The van der Waals surface area contributed by atoms with Gasteiger partial charge in [-0.3, -0.25) is 9.78 Å². The molecule has 0 saturated carbocycles. The van der Waals surface area contributed by atoms with E-state index < -0.39 is 0 Å². The normalized spacial score (nSPS) is 10.8. The Kier molecular flexibility index (Phi) is 5.84. The van der Waals surface area contributed by atoms with Crippen molar-refractivity contribution >= 4 is 5.91 Å². The van der Waals surface area contributed by atoms with Crippen LogP contribution in [0.1, 0.15) is 34.1 Å². The maximum atomic E-state index is 13.8. The Bertz CT molecular complexity index is 1200. The fraction of sp³-hybridized carbons (Fsp3) is 0.167. The second kappa shape index (κ2) is 8.87. The van der Waals surface area contributed by atoms with Gasteiger partial charge in [0.25, 0.3) is 5.91 Å². The molecule has 2 aromatic carbocycles. The lowest BCUT2D eigenvalue weighted by Gasteiger charge is -2.10. The third-order valence-electron chi connectivity index (χ3n) is 5.11. The van der Waals surface area contributed by atoms with E-state index in [4.69, 9.17) is 0 Å². The Morgan fingerprint density at radius 1 is 1.03 bits per heavy atom. The second-order valence-corrected chi connectivity index (χ2v) is 7.22. The molecule has 156 valence electrons. The number of amides is 1. The predicted molar refractivity (Wildman–Crippen MR) is 116 cm³/mol. The van der Waals surface area contributed by atoms with Crippen molar-refractivity contribution in [1.82, 2.24) is 25.3 Å². The molecule has 2 heterocycles. The van der Waals surface area contributed by atoms with E-state index in [0.29, 0.717) is 23.5 Å². The molecule has 4 aromatic rings. The minimum absolute atomic E-state index is 0.193. The van der Waals surface area contributed by atoms with Crippen LogP contribution in [0.2, 0.25) is 0 Å². The van der Waals surface area contributed by atoms with E-state index in [0.717, 1.165) is 17.5 Å². The summed E-state index contributed by atoms with van der Waals surface area (Å²) in [5, 5.41) is 11.3. The molecule has 0 fully saturated rings. The minimum atomic E-state index is -0.337. The Labute approximate surface area is 179 Å². The number of nitrogens with one attached hydrogen (secondary N) is 1. The number of aromatic nitrogens is 4. The molecule has 0 radical (unpaired) electrons. The third-order valence-corrected chi connectivity index (χ3v) is 5.11. The lowest BCUT2D eigenvalue weighted by molar-refractivity contribution is 0.0946. The molecule has 1 N–H and O–H groups in total. The van der Waals surface area contributed by atoms with Crippen molar-refractivity contribution in [1.29, 1.82) is 0 Å². The van der Waals surface area contributed by atoms with Crippen molar-refractivity contribution in [3.05, 3.63) is 95.2 Å². The van der Waals surface area contributed by atoms with Crippen LogP contribution in [0.15, 0.2) is 67.0 Å². The first-order valence-corrected chi connectivity index (χ1v) is 10.1. The van der Waals surface area contributed by atoms with Crippen LogP contribution in [0.3, 0.4) is 0 Å². The van der Waals surface area contributed by atoms with Crippen LogP contribution in [0.25, 0.3) is 16.9 Å². The Morgan fingerprint density at radius 2 is 1.74 bits per heavy atom. The average molecular weight is 415 g/mol. The summed E-state index contributed by atoms with van der Waals surface area (Å²) in [6, 6.07) is 16.3. The molecule has 0 aliphatic rings. The fourth-order valence-corrected chi connectivity index (χ4v) is 3.30. The summed E-state index contributed by atoms with van der Waals surface area (Å²) < 4.78 is 15.3. The summed E-state index contributed by atoms with van der Waals surface area (Å²) in [7, 11) is 0. The van der Waals surface area contributed by atoms with Gasteiger partial charge in [0, 0.05) is 24.5 Å². The molecule has 31 heavy (non-hydrogen) atoms. The summed E-state index contributed by atoms with van der Waals surface area (Å²) in [6.07, 6.45) is 4.24. The number of benzene rings is 2. The lowest BCUT2D eigenvalue weighted by Crippen LogP contribution is -2.24. The number of nitrogens with zero attached hydrogens (tertiary/aromatic N) is 4. The van der Waals surface area contributed by atoms with Crippen molar-refractivity contribution in [2.45, 2.75) is 26.8 Å². The highest BCUT2D eigenvalue weighted by atomic mass is 19.1. The standard InChI is InChI=1S/C24H22FN5O/c1-3-17-4-6-18(7-5-17)15-27-24(31)22-23(19-10-12-26-13-11-19)30(29-28-22)20-8-9-21(25)16(2)14-20/h4-14H,3,15H2,1-2H3,(H,27,31). The van der Waals surface area contributed by atoms with Gasteiger partial charge in [-0.25, -0.2) is 9.07 Å². The van der Waals surface area contributed by atoms with E-state index >= 15 is 0 Å². The van der Waals surface area contributed by atoms with Gasteiger partial charge in [0.1, 0.15) is 11.5 Å². The molecule has 0 atom stereocenters.